The lowest BCUT2D eigenvalue weighted by molar-refractivity contribution is -0.128. The van der Waals surface area contributed by atoms with E-state index in [1.807, 2.05) is 50.2 Å². The molecular weight excluding hydrogens is 302 g/mol. The molecule has 2 heterocycles. The molecule has 24 heavy (non-hydrogen) atoms. The lowest BCUT2D eigenvalue weighted by Gasteiger charge is -2.16. The van der Waals surface area contributed by atoms with Crippen LogP contribution in [0.4, 0.5) is 5.82 Å². The molecule has 0 aliphatic carbocycles. The summed E-state index contributed by atoms with van der Waals surface area (Å²) in [7, 11) is 0. The fraction of sp³-hybridized carbons (Fsp3) is 0.316. The molecule has 5 nitrogen and oxygen atoms in total. The van der Waals surface area contributed by atoms with E-state index in [0.29, 0.717) is 18.9 Å². The Hall–Kier alpha value is -2.69. The number of pyridine rings is 1. The minimum Gasteiger partial charge on any atom is -0.338 e. The van der Waals surface area contributed by atoms with E-state index in [9.17, 15) is 9.59 Å². The Bertz CT molecular complexity index is 755. The smallest absolute Gasteiger partial charge is 0.230 e. The third-order valence-electron chi connectivity index (χ3n) is 4.25. The predicted molar refractivity (Wildman–Crippen MR) is 92.3 cm³/mol. The number of aromatic nitrogens is 1. The maximum atomic E-state index is 12.4. The number of hydrogen-bond acceptors (Lipinski definition) is 3. The van der Waals surface area contributed by atoms with Gasteiger partial charge in [0.25, 0.3) is 0 Å². The molecule has 0 radical (unpaired) electrons. The highest BCUT2D eigenvalue weighted by Crippen LogP contribution is 2.22. The van der Waals surface area contributed by atoms with Gasteiger partial charge in [-0.3, -0.25) is 9.59 Å². The monoisotopic (exact) mass is 323 g/mol. The minimum absolute atomic E-state index is 0.0212. The molecule has 1 fully saturated rings. The molecule has 2 aromatic rings. The van der Waals surface area contributed by atoms with Crippen molar-refractivity contribution in [2.75, 3.05) is 11.9 Å². The van der Waals surface area contributed by atoms with E-state index < -0.39 is 0 Å². The van der Waals surface area contributed by atoms with E-state index in [4.69, 9.17) is 0 Å². The molecule has 1 aliphatic rings. The van der Waals surface area contributed by atoms with E-state index in [1.165, 1.54) is 5.56 Å². The summed E-state index contributed by atoms with van der Waals surface area (Å²) in [5.41, 5.74) is 3.30. The third-order valence-corrected chi connectivity index (χ3v) is 4.25. The standard InChI is InChI=1S/C19H21N3O2/c1-13-3-5-15(6-4-13)11-22-12-16(10-18(22)23)19(24)21-17-9-14(2)7-8-20-17/h3-9,16H,10-12H2,1-2H3,(H,20,21,24). The second-order valence-corrected chi connectivity index (χ2v) is 6.37. The summed E-state index contributed by atoms with van der Waals surface area (Å²) in [5, 5.41) is 2.81. The number of nitrogens with one attached hydrogen (secondary N) is 1. The number of amides is 2. The van der Waals surface area contributed by atoms with Crippen LogP contribution in [0.1, 0.15) is 23.1 Å². The van der Waals surface area contributed by atoms with Crippen LogP contribution in [0.15, 0.2) is 42.6 Å². The molecule has 1 atom stereocenters. The van der Waals surface area contributed by atoms with Crippen molar-refractivity contribution in [1.29, 1.82) is 0 Å². The summed E-state index contributed by atoms with van der Waals surface area (Å²) < 4.78 is 0. The van der Waals surface area contributed by atoms with Crippen molar-refractivity contribution in [3.63, 3.8) is 0 Å². The van der Waals surface area contributed by atoms with Crippen LogP contribution in [0.3, 0.4) is 0 Å². The molecular formula is C19H21N3O2. The first-order chi connectivity index (χ1) is 11.5. The van der Waals surface area contributed by atoms with Gasteiger partial charge in [-0.2, -0.15) is 0 Å². The molecule has 124 valence electrons. The third kappa shape index (κ3) is 3.79. The summed E-state index contributed by atoms with van der Waals surface area (Å²) in [4.78, 5) is 30.5. The first-order valence-electron chi connectivity index (χ1n) is 8.08. The SMILES string of the molecule is Cc1ccc(CN2CC(C(=O)Nc3cc(C)ccn3)CC2=O)cc1. The van der Waals surface area contributed by atoms with Crippen LogP contribution in [0.2, 0.25) is 0 Å². The highest BCUT2D eigenvalue weighted by molar-refractivity contribution is 5.96. The first-order valence-corrected chi connectivity index (χ1v) is 8.08. The minimum atomic E-state index is -0.328. The lowest BCUT2D eigenvalue weighted by atomic mass is 10.1. The molecule has 0 spiro atoms. The van der Waals surface area contributed by atoms with E-state index in [2.05, 4.69) is 10.3 Å². The van der Waals surface area contributed by atoms with Gasteiger partial charge in [0.1, 0.15) is 5.82 Å². The maximum absolute atomic E-state index is 12.4. The highest BCUT2D eigenvalue weighted by atomic mass is 16.2. The molecule has 2 amide bonds. The van der Waals surface area contributed by atoms with Crippen molar-refractivity contribution in [3.05, 3.63) is 59.3 Å². The van der Waals surface area contributed by atoms with Crippen molar-refractivity contribution in [3.8, 4) is 0 Å². The maximum Gasteiger partial charge on any atom is 0.230 e. The number of carbonyl (C=O) groups is 2. The van der Waals surface area contributed by atoms with Gasteiger partial charge in [-0.15, -0.1) is 0 Å². The number of likely N-dealkylation sites (tertiary alicyclic amines) is 1. The van der Waals surface area contributed by atoms with Crippen LogP contribution >= 0.6 is 0 Å². The van der Waals surface area contributed by atoms with E-state index >= 15 is 0 Å². The topological polar surface area (TPSA) is 62.3 Å². The molecule has 0 saturated carbocycles. The van der Waals surface area contributed by atoms with Gasteiger partial charge in [0.05, 0.1) is 5.92 Å². The fourth-order valence-electron chi connectivity index (χ4n) is 2.85. The number of rotatable bonds is 4. The molecule has 0 bridgehead atoms. The Kier molecular flexibility index (Phi) is 4.60. The van der Waals surface area contributed by atoms with Crippen LogP contribution in [0, 0.1) is 19.8 Å². The van der Waals surface area contributed by atoms with Crippen molar-refractivity contribution < 1.29 is 9.59 Å². The summed E-state index contributed by atoms with van der Waals surface area (Å²) in [6, 6.07) is 11.8. The van der Waals surface area contributed by atoms with Crippen molar-refractivity contribution in [2.45, 2.75) is 26.8 Å². The van der Waals surface area contributed by atoms with E-state index in [-0.39, 0.29) is 24.2 Å². The Balaban J connectivity index is 1.61. The molecule has 5 heteroatoms. The normalized spacial score (nSPS) is 17.2. The van der Waals surface area contributed by atoms with Crippen LogP contribution < -0.4 is 5.32 Å². The van der Waals surface area contributed by atoms with Crippen LogP contribution in [-0.2, 0) is 16.1 Å². The zero-order valence-corrected chi connectivity index (χ0v) is 14.0. The Morgan fingerprint density at radius 2 is 1.96 bits per heavy atom. The number of benzene rings is 1. The Morgan fingerprint density at radius 1 is 1.21 bits per heavy atom. The van der Waals surface area contributed by atoms with Gasteiger partial charge < -0.3 is 10.2 Å². The first kappa shape index (κ1) is 16.2. The van der Waals surface area contributed by atoms with Crippen LogP contribution in [0.25, 0.3) is 0 Å². The largest absolute Gasteiger partial charge is 0.338 e. The molecule has 1 N–H and O–H groups in total. The van der Waals surface area contributed by atoms with Gasteiger partial charge in [0, 0.05) is 25.7 Å². The summed E-state index contributed by atoms with van der Waals surface area (Å²) in [5.74, 6) is 0.0791. The molecule has 3 rings (SSSR count). The van der Waals surface area contributed by atoms with Gasteiger partial charge >= 0.3 is 0 Å². The zero-order valence-electron chi connectivity index (χ0n) is 14.0. The quantitative estimate of drug-likeness (QED) is 0.941. The number of carbonyl (C=O) groups excluding carboxylic acids is 2. The van der Waals surface area contributed by atoms with Gasteiger partial charge in [-0.05, 0) is 37.1 Å². The van der Waals surface area contributed by atoms with Gasteiger partial charge in [0.2, 0.25) is 11.8 Å². The molecule has 1 aliphatic heterocycles. The summed E-state index contributed by atoms with van der Waals surface area (Å²) in [6.07, 6.45) is 1.91. The number of anilines is 1. The van der Waals surface area contributed by atoms with E-state index in [0.717, 1.165) is 11.1 Å². The Morgan fingerprint density at radius 3 is 2.67 bits per heavy atom. The zero-order chi connectivity index (χ0) is 17.1. The second kappa shape index (κ2) is 6.83. The molecule has 1 aromatic carbocycles. The van der Waals surface area contributed by atoms with Crippen molar-refractivity contribution in [1.82, 2.24) is 9.88 Å². The van der Waals surface area contributed by atoms with Crippen molar-refractivity contribution in [2.24, 2.45) is 5.92 Å². The fourth-order valence-corrected chi connectivity index (χ4v) is 2.85. The predicted octanol–water partition coefficient (Wildman–Crippen LogP) is 2.69. The molecule has 1 aromatic heterocycles. The van der Waals surface area contributed by atoms with Crippen molar-refractivity contribution >= 4 is 17.6 Å². The summed E-state index contributed by atoms with van der Waals surface area (Å²) >= 11 is 0. The average molecular weight is 323 g/mol. The van der Waals surface area contributed by atoms with Crippen LogP contribution in [-0.4, -0.2) is 28.2 Å². The highest BCUT2D eigenvalue weighted by Gasteiger charge is 2.34. The molecule has 1 unspecified atom stereocenters. The van der Waals surface area contributed by atoms with Gasteiger partial charge in [0.15, 0.2) is 0 Å². The Labute approximate surface area is 141 Å². The second-order valence-electron chi connectivity index (χ2n) is 6.37. The molecule has 1 saturated heterocycles. The van der Waals surface area contributed by atoms with Crippen LogP contribution in [0.5, 0.6) is 0 Å². The number of hydrogen-bond donors (Lipinski definition) is 1. The van der Waals surface area contributed by atoms with E-state index in [1.54, 1.807) is 11.1 Å². The number of nitrogens with zero attached hydrogens (tertiary/aromatic N) is 2. The average Bonchev–Trinajstić information content (AvgIpc) is 2.91. The summed E-state index contributed by atoms with van der Waals surface area (Å²) in [6.45, 7) is 4.97. The lowest BCUT2D eigenvalue weighted by Crippen LogP contribution is -2.28. The van der Waals surface area contributed by atoms with Gasteiger partial charge in [-0.25, -0.2) is 4.98 Å². The number of aryl methyl sites for hydroxylation is 2. The van der Waals surface area contributed by atoms with Gasteiger partial charge in [-0.1, -0.05) is 29.8 Å².